The van der Waals surface area contributed by atoms with Gasteiger partial charge in [0, 0.05) is 8.95 Å². The van der Waals surface area contributed by atoms with Gasteiger partial charge < -0.3 is 10.5 Å². The van der Waals surface area contributed by atoms with E-state index in [1.54, 1.807) is 0 Å². The summed E-state index contributed by atoms with van der Waals surface area (Å²) in [4.78, 5) is 0. The molecule has 22 heavy (non-hydrogen) atoms. The van der Waals surface area contributed by atoms with Crippen molar-refractivity contribution in [1.82, 2.24) is 0 Å². The molecule has 0 bridgehead atoms. The zero-order valence-electron chi connectivity index (χ0n) is 10.9. The lowest BCUT2D eigenvalue weighted by Crippen LogP contribution is -2.17. The highest BCUT2D eigenvalue weighted by molar-refractivity contribution is 9.13. The van der Waals surface area contributed by atoms with Crippen LogP contribution in [0.5, 0.6) is 5.75 Å². The molecular weight excluding hydrogens is 450 g/mol. The van der Waals surface area contributed by atoms with Crippen LogP contribution < -0.4 is 10.5 Å². The van der Waals surface area contributed by atoms with E-state index in [2.05, 4.69) is 36.6 Å². The normalized spacial score (nSPS) is 12.5. The second kappa shape index (κ2) is 7.68. The molecule has 2 nitrogen and oxygen atoms in total. The van der Waals surface area contributed by atoms with Crippen molar-refractivity contribution < 1.29 is 17.9 Å². The number of alkyl halides is 3. The summed E-state index contributed by atoms with van der Waals surface area (Å²) in [5.74, 6) is -0.268. The zero-order chi connectivity index (χ0) is 15.6. The van der Waals surface area contributed by atoms with E-state index in [-0.39, 0.29) is 18.2 Å². The van der Waals surface area contributed by atoms with Crippen molar-refractivity contribution in [3.8, 4) is 5.75 Å². The molecule has 120 valence electrons. The van der Waals surface area contributed by atoms with Crippen LogP contribution in [0.4, 0.5) is 13.2 Å². The predicted molar refractivity (Wildman–Crippen MR) is 88.2 cm³/mol. The van der Waals surface area contributed by atoms with E-state index in [0.717, 1.165) is 14.5 Å². The fourth-order valence-corrected chi connectivity index (χ4v) is 2.42. The molecule has 0 unspecified atom stereocenters. The topological polar surface area (TPSA) is 35.2 Å². The van der Waals surface area contributed by atoms with Gasteiger partial charge in [-0.3, -0.25) is 0 Å². The summed E-state index contributed by atoms with van der Waals surface area (Å²) in [7, 11) is 0. The second-order valence-electron chi connectivity index (χ2n) is 4.27. The van der Waals surface area contributed by atoms with Gasteiger partial charge in [0.15, 0.2) is 0 Å². The van der Waals surface area contributed by atoms with E-state index in [4.69, 9.17) is 5.73 Å². The number of ether oxygens (including phenoxy) is 1. The van der Waals surface area contributed by atoms with E-state index < -0.39 is 12.4 Å². The van der Waals surface area contributed by atoms with E-state index in [1.165, 1.54) is 24.3 Å². The van der Waals surface area contributed by atoms with Crippen molar-refractivity contribution in [2.24, 2.45) is 5.73 Å². The first-order valence-electron chi connectivity index (χ1n) is 5.82. The van der Waals surface area contributed by atoms with Crippen LogP contribution in [0.1, 0.15) is 17.2 Å². The van der Waals surface area contributed by atoms with Gasteiger partial charge in [0.2, 0.25) is 0 Å². The second-order valence-corrected chi connectivity index (χ2v) is 5.98. The van der Waals surface area contributed by atoms with Crippen molar-refractivity contribution >= 4 is 44.3 Å². The maximum Gasteiger partial charge on any atom is 0.573 e. The van der Waals surface area contributed by atoms with E-state index in [0.29, 0.717) is 5.56 Å². The maximum absolute atomic E-state index is 12.1. The number of nitrogens with two attached hydrogens (primary N) is 1. The van der Waals surface area contributed by atoms with Crippen molar-refractivity contribution in [3.63, 3.8) is 0 Å². The Bertz CT molecular complexity index is 635. The first-order chi connectivity index (χ1) is 9.76. The monoisotopic (exact) mass is 459 g/mol. The third-order valence-corrected chi connectivity index (χ3v) is 4.66. The van der Waals surface area contributed by atoms with Gasteiger partial charge in [-0.1, -0.05) is 18.2 Å². The first-order valence-corrected chi connectivity index (χ1v) is 7.41. The van der Waals surface area contributed by atoms with E-state index >= 15 is 0 Å². The van der Waals surface area contributed by atoms with Crippen LogP contribution in [0, 0.1) is 0 Å². The number of benzene rings is 2. The molecule has 1 atom stereocenters. The summed E-state index contributed by atoms with van der Waals surface area (Å²) in [6.45, 7) is 0. The molecule has 0 amide bonds. The minimum absolute atomic E-state index is 0. The van der Waals surface area contributed by atoms with Crippen LogP contribution in [-0.4, -0.2) is 6.36 Å². The number of rotatable bonds is 3. The summed E-state index contributed by atoms with van der Waals surface area (Å²) in [6, 6.07) is 10.6. The molecule has 0 aliphatic carbocycles. The highest BCUT2D eigenvalue weighted by Gasteiger charge is 2.31. The molecule has 0 aliphatic rings. The molecule has 0 heterocycles. The Kier molecular flexibility index (Phi) is 6.73. The molecule has 2 rings (SSSR count). The molecule has 0 radical (unpaired) electrons. The molecule has 0 aliphatic heterocycles. The molecule has 2 N–H and O–H groups in total. The van der Waals surface area contributed by atoms with Crippen LogP contribution in [0.3, 0.4) is 0 Å². The average molecular weight is 462 g/mol. The van der Waals surface area contributed by atoms with E-state index in [9.17, 15) is 13.2 Å². The third kappa shape index (κ3) is 5.15. The molecule has 0 saturated carbocycles. The molecule has 0 aromatic heterocycles. The Balaban J connectivity index is 0.00000242. The van der Waals surface area contributed by atoms with Gasteiger partial charge in [-0.2, -0.15) is 0 Å². The highest BCUT2D eigenvalue weighted by Crippen LogP contribution is 2.29. The number of halogens is 6. The van der Waals surface area contributed by atoms with Crippen LogP contribution in [0.25, 0.3) is 0 Å². The standard InChI is InChI=1S/C14H10Br2F3NO.ClH/c15-11-6-3-9(7-12(11)16)13(20)8-1-4-10(5-2-8)21-14(17,18)19;/h1-7,13H,20H2;1H/t13-;/m0./s1. The lowest BCUT2D eigenvalue weighted by atomic mass is 10.00. The molecule has 0 fully saturated rings. The largest absolute Gasteiger partial charge is 0.573 e. The fraction of sp³-hybridized carbons (Fsp3) is 0.143. The lowest BCUT2D eigenvalue weighted by Gasteiger charge is -2.15. The minimum Gasteiger partial charge on any atom is -0.406 e. The minimum atomic E-state index is -4.69. The molecule has 2 aromatic rings. The summed E-state index contributed by atoms with van der Waals surface area (Å²) in [6.07, 6.45) is -4.69. The van der Waals surface area contributed by atoms with E-state index in [1.807, 2.05) is 18.2 Å². The van der Waals surface area contributed by atoms with Crippen molar-refractivity contribution in [1.29, 1.82) is 0 Å². The molecule has 2 aromatic carbocycles. The summed E-state index contributed by atoms with van der Waals surface area (Å²) >= 11 is 6.75. The Morgan fingerprint density at radius 2 is 1.45 bits per heavy atom. The highest BCUT2D eigenvalue weighted by atomic mass is 79.9. The van der Waals surface area contributed by atoms with Gasteiger partial charge in [0.25, 0.3) is 0 Å². The van der Waals surface area contributed by atoms with Crippen LogP contribution in [0.15, 0.2) is 51.4 Å². The number of hydrogen-bond acceptors (Lipinski definition) is 2. The lowest BCUT2D eigenvalue weighted by molar-refractivity contribution is -0.274. The van der Waals surface area contributed by atoms with Crippen molar-refractivity contribution in [2.75, 3.05) is 0 Å². The van der Waals surface area contributed by atoms with Gasteiger partial charge in [0.05, 0.1) is 6.04 Å². The Morgan fingerprint density at radius 1 is 0.909 bits per heavy atom. The summed E-state index contributed by atoms with van der Waals surface area (Å²) in [5.41, 5.74) is 7.65. The number of hydrogen-bond donors (Lipinski definition) is 1. The fourth-order valence-electron chi connectivity index (χ4n) is 1.78. The zero-order valence-corrected chi connectivity index (χ0v) is 14.9. The van der Waals surface area contributed by atoms with Crippen LogP contribution in [0.2, 0.25) is 0 Å². The Labute approximate surface area is 148 Å². The van der Waals surface area contributed by atoms with Gasteiger partial charge in [-0.05, 0) is 67.3 Å². The molecule has 0 saturated heterocycles. The Morgan fingerprint density at radius 3 is 1.95 bits per heavy atom. The van der Waals surface area contributed by atoms with Crippen molar-refractivity contribution in [3.05, 3.63) is 62.5 Å². The third-order valence-electron chi connectivity index (χ3n) is 2.78. The molecular formula is C14H11Br2ClF3NO. The van der Waals surface area contributed by atoms with Gasteiger partial charge in [0.1, 0.15) is 5.75 Å². The van der Waals surface area contributed by atoms with Gasteiger partial charge >= 0.3 is 6.36 Å². The van der Waals surface area contributed by atoms with Crippen LogP contribution in [-0.2, 0) is 0 Å². The van der Waals surface area contributed by atoms with Crippen molar-refractivity contribution in [2.45, 2.75) is 12.4 Å². The predicted octanol–water partition coefficient (Wildman–Crippen LogP) is 5.58. The molecule has 8 heteroatoms. The quantitative estimate of drug-likeness (QED) is 0.648. The van der Waals surface area contributed by atoms with Gasteiger partial charge in [-0.15, -0.1) is 25.6 Å². The van der Waals surface area contributed by atoms with Gasteiger partial charge in [-0.25, -0.2) is 0 Å². The smallest absolute Gasteiger partial charge is 0.406 e. The summed E-state index contributed by atoms with van der Waals surface area (Å²) < 4.78 is 41.8. The average Bonchev–Trinajstić information content (AvgIpc) is 2.40. The van der Waals surface area contributed by atoms with Crippen LogP contribution >= 0.6 is 44.3 Å². The first kappa shape index (κ1) is 19.3. The maximum atomic E-state index is 12.1. The molecule has 0 spiro atoms. The summed E-state index contributed by atoms with van der Waals surface area (Å²) in [5, 5.41) is 0. The Hall–Kier alpha value is -0.760. The SMILES string of the molecule is Cl.N[C@@H](c1ccc(OC(F)(F)F)cc1)c1ccc(Br)c(Br)c1.